The lowest BCUT2D eigenvalue weighted by molar-refractivity contribution is -0.116. The van der Waals surface area contributed by atoms with Gasteiger partial charge in [-0.1, -0.05) is 17.7 Å². The van der Waals surface area contributed by atoms with Crippen molar-refractivity contribution in [2.24, 2.45) is 0 Å². The normalized spacial score (nSPS) is 10.8. The highest BCUT2D eigenvalue weighted by Crippen LogP contribution is 2.19. The third-order valence-corrected chi connectivity index (χ3v) is 4.10. The number of aromatic nitrogens is 5. The van der Waals surface area contributed by atoms with E-state index in [0.717, 1.165) is 4.47 Å². The second-order valence-corrected chi connectivity index (χ2v) is 6.51. The van der Waals surface area contributed by atoms with E-state index in [-0.39, 0.29) is 24.8 Å². The first-order valence-corrected chi connectivity index (χ1v) is 8.48. The van der Waals surface area contributed by atoms with Crippen LogP contribution < -0.4 is 5.32 Å². The SMILES string of the molecule is O=C(CCn1cc(Br)cn1)Nc1ncn(Cc2c(F)cccc2Cl)n1. The molecule has 0 spiro atoms. The van der Waals surface area contributed by atoms with Crippen molar-refractivity contribution in [2.75, 3.05) is 5.32 Å². The third-order valence-electron chi connectivity index (χ3n) is 3.34. The summed E-state index contributed by atoms with van der Waals surface area (Å²) in [5.74, 6) is -0.508. The van der Waals surface area contributed by atoms with Crippen molar-refractivity contribution in [3.05, 3.63) is 57.8 Å². The predicted molar refractivity (Wildman–Crippen MR) is 93.7 cm³/mol. The van der Waals surface area contributed by atoms with Gasteiger partial charge in [0.05, 0.1) is 17.2 Å². The first-order valence-electron chi connectivity index (χ1n) is 7.31. The molecule has 2 heterocycles. The van der Waals surface area contributed by atoms with E-state index in [1.54, 1.807) is 23.1 Å². The Balaban J connectivity index is 1.57. The van der Waals surface area contributed by atoms with Crippen LogP contribution in [-0.2, 0) is 17.9 Å². The molecular weight excluding hydrogens is 415 g/mol. The van der Waals surface area contributed by atoms with Gasteiger partial charge in [0.25, 0.3) is 0 Å². The van der Waals surface area contributed by atoms with E-state index in [1.165, 1.54) is 23.1 Å². The number of nitrogens with one attached hydrogen (secondary N) is 1. The smallest absolute Gasteiger partial charge is 0.248 e. The second-order valence-electron chi connectivity index (χ2n) is 5.19. The van der Waals surface area contributed by atoms with E-state index in [0.29, 0.717) is 17.1 Å². The average Bonchev–Trinajstić information content (AvgIpc) is 3.18. The largest absolute Gasteiger partial charge is 0.293 e. The van der Waals surface area contributed by atoms with Gasteiger partial charge in [-0.2, -0.15) is 5.10 Å². The molecule has 10 heteroatoms. The lowest BCUT2D eigenvalue weighted by Gasteiger charge is -2.05. The summed E-state index contributed by atoms with van der Waals surface area (Å²) in [7, 11) is 0. The fourth-order valence-corrected chi connectivity index (χ4v) is 2.69. The van der Waals surface area contributed by atoms with Crippen LogP contribution in [-0.4, -0.2) is 30.5 Å². The predicted octanol–water partition coefficient (Wildman–Crippen LogP) is 3.11. The van der Waals surface area contributed by atoms with E-state index < -0.39 is 5.82 Å². The van der Waals surface area contributed by atoms with Crippen molar-refractivity contribution in [3.63, 3.8) is 0 Å². The Hall–Kier alpha value is -2.26. The molecule has 0 saturated heterocycles. The van der Waals surface area contributed by atoms with Crippen molar-refractivity contribution in [1.29, 1.82) is 0 Å². The van der Waals surface area contributed by atoms with E-state index in [1.807, 2.05) is 0 Å². The maximum Gasteiger partial charge on any atom is 0.248 e. The van der Waals surface area contributed by atoms with Gasteiger partial charge in [0.1, 0.15) is 12.1 Å². The number of rotatable bonds is 6. The number of hydrogen-bond acceptors (Lipinski definition) is 4. The number of halogens is 3. The molecule has 3 rings (SSSR count). The molecule has 0 bridgehead atoms. The zero-order chi connectivity index (χ0) is 17.8. The molecule has 1 aromatic carbocycles. The molecule has 0 atom stereocenters. The van der Waals surface area contributed by atoms with Gasteiger partial charge in [0.15, 0.2) is 0 Å². The average molecular weight is 428 g/mol. The van der Waals surface area contributed by atoms with Crippen molar-refractivity contribution in [1.82, 2.24) is 24.5 Å². The first-order chi connectivity index (χ1) is 12.0. The van der Waals surface area contributed by atoms with Gasteiger partial charge < -0.3 is 0 Å². The quantitative estimate of drug-likeness (QED) is 0.656. The number of carbonyl (C=O) groups is 1. The van der Waals surface area contributed by atoms with E-state index in [4.69, 9.17) is 11.6 Å². The molecule has 3 aromatic rings. The number of amides is 1. The molecular formula is C15H13BrClFN6O. The summed E-state index contributed by atoms with van der Waals surface area (Å²) in [6.07, 6.45) is 5.05. The number of carbonyl (C=O) groups excluding carboxylic acids is 1. The van der Waals surface area contributed by atoms with Crippen LogP contribution in [0.15, 0.2) is 41.4 Å². The number of benzene rings is 1. The van der Waals surface area contributed by atoms with Crippen molar-refractivity contribution >= 4 is 39.4 Å². The Morgan fingerprint density at radius 2 is 2.20 bits per heavy atom. The Labute approximate surface area is 155 Å². The molecule has 0 unspecified atom stereocenters. The van der Waals surface area contributed by atoms with Crippen LogP contribution in [0.5, 0.6) is 0 Å². The summed E-state index contributed by atoms with van der Waals surface area (Å²) in [4.78, 5) is 15.9. The molecule has 2 aromatic heterocycles. The van der Waals surface area contributed by atoms with Gasteiger partial charge in [0.2, 0.25) is 11.9 Å². The fraction of sp³-hybridized carbons (Fsp3) is 0.200. The van der Waals surface area contributed by atoms with Crippen LogP contribution in [0.25, 0.3) is 0 Å². The highest BCUT2D eigenvalue weighted by molar-refractivity contribution is 9.10. The molecule has 25 heavy (non-hydrogen) atoms. The first kappa shape index (κ1) is 17.6. The lowest BCUT2D eigenvalue weighted by Crippen LogP contribution is -2.16. The Morgan fingerprint density at radius 3 is 2.92 bits per heavy atom. The van der Waals surface area contributed by atoms with Crippen LogP contribution in [0.1, 0.15) is 12.0 Å². The Kier molecular flexibility index (Phi) is 5.44. The van der Waals surface area contributed by atoms with Crippen LogP contribution in [0.4, 0.5) is 10.3 Å². The summed E-state index contributed by atoms with van der Waals surface area (Å²) in [6.45, 7) is 0.554. The monoisotopic (exact) mass is 426 g/mol. The van der Waals surface area contributed by atoms with Gasteiger partial charge in [-0.15, -0.1) is 5.10 Å². The number of anilines is 1. The van der Waals surface area contributed by atoms with Gasteiger partial charge in [0, 0.05) is 29.7 Å². The molecule has 0 radical (unpaired) electrons. The summed E-state index contributed by atoms with van der Waals surface area (Å²) in [5, 5.41) is 11.1. The van der Waals surface area contributed by atoms with Crippen molar-refractivity contribution in [3.8, 4) is 0 Å². The van der Waals surface area contributed by atoms with E-state index in [9.17, 15) is 9.18 Å². The molecule has 0 aliphatic heterocycles. The zero-order valence-corrected chi connectivity index (χ0v) is 15.2. The minimum atomic E-state index is -0.418. The maximum atomic E-state index is 13.8. The van der Waals surface area contributed by atoms with Crippen molar-refractivity contribution < 1.29 is 9.18 Å². The van der Waals surface area contributed by atoms with Crippen LogP contribution in [0, 0.1) is 5.82 Å². The second kappa shape index (κ2) is 7.75. The van der Waals surface area contributed by atoms with Gasteiger partial charge in [-0.05, 0) is 28.1 Å². The standard InChI is InChI=1S/C15H13BrClFN6O/c16-10-6-20-23(7-10)5-4-14(25)21-15-19-9-24(22-15)8-11-12(17)2-1-3-13(11)18/h1-3,6-7,9H,4-5,8H2,(H,21,22,25). The number of aryl methyl sites for hydroxylation is 1. The summed E-state index contributed by atoms with van der Waals surface area (Å²) in [6, 6.07) is 4.47. The summed E-state index contributed by atoms with van der Waals surface area (Å²) in [5.41, 5.74) is 0.316. The van der Waals surface area contributed by atoms with Crippen LogP contribution >= 0.6 is 27.5 Å². The van der Waals surface area contributed by atoms with Gasteiger partial charge >= 0.3 is 0 Å². The molecule has 0 saturated carbocycles. The van der Waals surface area contributed by atoms with Gasteiger partial charge in [-0.3, -0.25) is 14.8 Å². The molecule has 0 aliphatic rings. The Morgan fingerprint density at radius 1 is 1.36 bits per heavy atom. The topological polar surface area (TPSA) is 77.6 Å². The maximum absolute atomic E-state index is 13.8. The number of hydrogen-bond donors (Lipinski definition) is 1. The molecule has 0 fully saturated rings. The molecule has 1 N–H and O–H groups in total. The van der Waals surface area contributed by atoms with Crippen LogP contribution in [0.3, 0.4) is 0 Å². The summed E-state index contributed by atoms with van der Waals surface area (Å²) < 4.78 is 17.7. The summed E-state index contributed by atoms with van der Waals surface area (Å²) >= 11 is 9.28. The zero-order valence-electron chi connectivity index (χ0n) is 12.9. The molecule has 1 amide bonds. The Bertz CT molecular complexity index is 876. The third kappa shape index (κ3) is 4.64. The van der Waals surface area contributed by atoms with Crippen LogP contribution in [0.2, 0.25) is 5.02 Å². The van der Waals surface area contributed by atoms with E-state index in [2.05, 4.69) is 36.4 Å². The number of nitrogens with zero attached hydrogens (tertiary/aromatic N) is 5. The molecule has 0 aliphatic carbocycles. The highest BCUT2D eigenvalue weighted by Gasteiger charge is 2.11. The molecule has 130 valence electrons. The van der Waals surface area contributed by atoms with Gasteiger partial charge in [-0.25, -0.2) is 14.1 Å². The minimum Gasteiger partial charge on any atom is -0.293 e. The van der Waals surface area contributed by atoms with Crippen molar-refractivity contribution in [2.45, 2.75) is 19.5 Å². The molecule has 7 nitrogen and oxygen atoms in total. The minimum absolute atomic E-state index is 0.121. The fourth-order valence-electron chi connectivity index (χ4n) is 2.14. The highest BCUT2D eigenvalue weighted by atomic mass is 79.9. The van der Waals surface area contributed by atoms with E-state index >= 15 is 0 Å². The lowest BCUT2D eigenvalue weighted by atomic mass is 10.2.